The molecule has 3 nitrogen and oxygen atoms in total. The lowest BCUT2D eigenvalue weighted by Crippen LogP contribution is -2.41. The fraction of sp³-hybridized carbons (Fsp3) is 1.00. The van der Waals surface area contributed by atoms with E-state index in [1.165, 1.54) is 64.2 Å². The molecule has 0 heterocycles. The Morgan fingerprint density at radius 1 is 0.952 bits per heavy atom. The number of hydrogen-bond donors (Lipinski definition) is 1. The van der Waals surface area contributed by atoms with Gasteiger partial charge in [0.25, 0.3) is 0 Å². The zero-order valence-corrected chi connectivity index (χ0v) is 14.5. The van der Waals surface area contributed by atoms with E-state index >= 15 is 0 Å². The summed E-state index contributed by atoms with van der Waals surface area (Å²) in [6.07, 6.45) is 13.9. The van der Waals surface area contributed by atoms with E-state index in [4.69, 9.17) is 9.47 Å². The molecule has 126 valence electrons. The molecule has 0 saturated heterocycles. The third-order valence-corrected chi connectivity index (χ3v) is 4.54. The van der Waals surface area contributed by atoms with Crippen LogP contribution in [0.25, 0.3) is 0 Å². The number of likely N-dealkylation sites (N-methyl/N-ethyl adjacent to an activating group) is 1. The summed E-state index contributed by atoms with van der Waals surface area (Å²) in [5.41, 5.74) is 0. The van der Waals surface area contributed by atoms with Crippen LogP contribution in [0.3, 0.4) is 0 Å². The molecule has 1 fully saturated rings. The Kier molecular flexibility index (Phi) is 11.2. The molecule has 0 aromatic heterocycles. The van der Waals surface area contributed by atoms with Crippen LogP contribution in [0, 0.1) is 0 Å². The minimum absolute atomic E-state index is 0.193. The third-order valence-electron chi connectivity index (χ3n) is 4.54. The fourth-order valence-electron chi connectivity index (χ4n) is 3.27. The van der Waals surface area contributed by atoms with E-state index in [0.29, 0.717) is 18.8 Å². The topological polar surface area (TPSA) is 30.5 Å². The first kappa shape index (κ1) is 18.9. The molecule has 1 aliphatic carbocycles. The van der Waals surface area contributed by atoms with Gasteiger partial charge in [0.2, 0.25) is 0 Å². The van der Waals surface area contributed by atoms with Gasteiger partial charge in [-0.05, 0) is 33.7 Å². The van der Waals surface area contributed by atoms with E-state index in [9.17, 15) is 0 Å². The van der Waals surface area contributed by atoms with Gasteiger partial charge in [0, 0.05) is 12.6 Å². The lowest BCUT2D eigenvalue weighted by Gasteiger charge is -2.30. The Balaban J connectivity index is 2.49. The summed E-state index contributed by atoms with van der Waals surface area (Å²) in [4.78, 5) is 0. The number of nitrogens with one attached hydrogen (secondary N) is 1. The highest BCUT2D eigenvalue weighted by atomic mass is 16.5. The molecule has 1 rings (SSSR count). The van der Waals surface area contributed by atoms with Gasteiger partial charge in [-0.3, -0.25) is 0 Å². The van der Waals surface area contributed by atoms with E-state index in [1.54, 1.807) is 0 Å². The molecule has 0 aliphatic heterocycles. The monoisotopic (exact) mass is 299 g/mol. The maximum atomic E-state index is 6.31. The van der Waals surface area contributed by atoms with E-state index < -0.39 is 0 Å². The standard InChI is InChI=1S/C18H37NO2/c1-4-20-15-16(2)21-18-14-12-10-8-6-5-7-9-11-13-17(18)19-3/h16-19H,4-15H2,1-3H3. The minimum atomic E-state index is 0.193. The molecule has 1 aliphatic rings. The predicted molar refractivity (Wildman–Crippen MR) is 89.8 cm³/mol. The summed E-state index contributed by atoms with van der Waals surface area (Å²) in [6, 6.07) is 0.494. The molecule has 21 heavy (non-hydrogen) atoms. The Morgan fingerprint density at radius 2 is 1.52 bits per heavy atom. The van der Waals surface area contributed by atoms with Crippen LogP contribution in [0.1, 0.15) is 78.1 Å². The predicted octanol–water partition coefficient (Wildman–Crippen LogP) is 4.30. The van der Waals surface area contributed by atoms with Crippen molar-refractivity contribution in [3.63, 3.8) is 0 Å². The summed E-state index contributed by atoms with van der Waals surface area (Å²) in [5, 5.41) is 3.50. The van der Waals surface area contributed by atoms with E-state index in [1.807, 2.05) is 6.92 Å². The van der Waals surface area contributed by atoms with E-state index in [-0.39, 0.29) is 6.10 Å². The van der Waals surface area contributed by atoms with Crippen molar-refractivity contribution < 1.29 is 9.47 Å². The second kappa shape index (κ2) is 12.4. The largest absolute Gasteiger partial charge is 0.379 e. The van der Waals surface area contributed by atoms with Gasteiger partial charge in [-0.15, -0.1) is 0 Å². The molecular formula is C18H37NO2. The highest BCUT2D eigenvalue weighted by Gasteiger charge is 2.22. The van der Waals surface area contributed by atoms with Crippen molar-refractivity contribution >= 4 is 0 Å². The van der Waals surface area contributed by atoms with Crippen molar-refractivity contribution in [2.75, 3.05) is 20.3 Å². The van der Waals surface area contributed by atoms with Gasteiger partial charge in [0.05, 0.1) is 18.8 Å². The molecule has 1 saturated carbocycles. The number of ether oxygens (including phenoxy) is 2. The minimum Gasteiger partial charge on any atom is -0.379 e. The van der Waals surface area contributed by atoms with Crippen molar-refractivity contribution in [1.29, 1.82) is 0 Å². The first-order valence-corrected chi connectivity index (χ1v) is 9.18. The molecule has 3 unspecified atom stereocenters. The van der Waals surface area contributed by atoms with Gasteiger partial charge >= 0.3 is 0 Å². The lowest BCUT2D eigenvalue weighted by atomic mass is 9.95. The SMILES string of the molecule is CCOCC(C)OC1CCCCCCCCCCC1NC. The van der Waals surface area contributed by atoms with Crippen molar-refractivity contribution in [2.45, 2.75) is 96.3 Å². The third kappa shape index (κ3) is 8.80. The Hall–Kier alpha value is -0.120. The van der Waals surface area contributed by atoms with E-state index in [2.05, 4.69) is 19.3 Å². The van der Waals surface area contributed by atoms with Gasteiger partial charge in [0.1, 0.15) is 0 Å². The first-order chi connectivity index (χ1) is 10.3. The molecule has 0 bridgehead atoms. The molecule has 3 heteroatoms. The van der Waals surface area contributed by atoms with E-state index in [0.717, 1.165) is 6.61 Å². The maximum absolute atomic E-state index is 6.31. The zero-order chi connectivity index (χ0) is 15.3. The molecule has 0 radical (unpaired) electrons. The average molecular weight is 299 g/mol. The highest BCUT2D eigenvalue weighted by molar-refractivity contribution is 4.77. The van der Waals surface area contributed by atoms with Crippen LogP contribution in [0.4, 0.5) is 0 Å². The zero-order valence-electron chi connectivity index (χ0n) is 14.5. The Morgan fingerprint density at radius 3 is 2.10 bits per heavy atom. The van der Waals surface area contributed by atoms with Crippen LogP contribution in [0.2, 0.25) is 0 Å². The number of hydrogen-bond acceptors (Lipinski definition) is 3. The Bertz CT molecular complexity index is 235. The van der Waals surface area contributed by atoms with Crippen LogP contribution in [-0.4, -0.2) is 38.5 Å². The first-order valence-electron chi connectivity index (χ1n) is 9.18. The molecule has 0 aromatic carbocycles. The smallest absolute Gasteiger partial charge is 0.0785 e. The molecule has 1 N–H and O–H groups in total. The maximum Gasteiger partial charge on any atom is 0.0785 e. The van der Waals surface area contributed by atoms with Gasteiger partial charge in [-0.25, -0.2) is 0 Å². The normalized spacial score (nSPS) is 27.6. The van der Waals surface area contributed by atoms with Gasteiger partial charge in [-0.1, -0.05) is 51.4 Å². The van der Waals surface area contributed by atoms with Crippen molar-refractivity contribution in [3.05, 3.63) is 0 Å². The second-order valence-corrected chi connectivity index (χ2v) is 6.45. The summed E-state index contributed by atoms with van der Waals surface area (Å²) in [5.74, 6) is 0. The Labute approximate surface area is 132 Å². The summed E-state index contributed by atoms with van der Waals surface area (Å²) in [6.45, 7) is 5.66. The fourth-order valence-corrected chi connectivity index (χ4v) is 3.27. The molecule has 0 spiro atoms. The van der Waals surface area contributed by atoms with Crippen molar-refractivity contribution in [1.82, 2.24) is 5.32 Å². The quantitative estimate of drug-likeness (QED) is 0.793. The van der Waals surface area contributed by atoms with Crippen molar-refractivity contribution in [3.8, 4) is 0 Å². The summed E-state index contributed by atoms with van der Waals surface area (Å²) >= 11 is 0. The highest BCUT2D eigenvalue weighted by Crippen LogP contribution is 2.20. The summed E-state index contributed by atoms with van der Waals surface area (Å²) in [7, 11) is 2.08. The van der Waals surface area contributed by atoms with Crippen LogP contribution in [-0.2, 0) is 9.47 Å². The van der Waals surface area contributed by atoms with Crippen LogP contribution < -0.4 is 5.32 Å². The lowest BCUT2D eigenvalue weighted by molar-refractivity contribution is -0.0638. The average Bonchev–Trinajstić information content (AvgIpc) is 2.48. The van der Waals surface area contributed by atoms with Crippen LogP contribution in [0.15, 0.2) is 0 Å². The molecule has 3 atom stereocenters. The van der Waals surface area contributed by atoms with Crippen LogP contribution >= 0.6 is 0 Å². The van der Waals surface area contributed by atoms with Gasteiger partial charge in [-0.2, -0.15) is 0 Å². The van der Waals surface area contributed by atoms with Gasteiger partial charge < -0.3 is 14.8 Å². The number of rotatable bonds is 6. The molecule has 0 amide bonds. The second-order valence-electron chi connectivity index (χ2n) is 6.45. The molecule has 0 aromatic rings. The molecular weight excluding hydrogens is 262 g/mol. The van der Waals surface area contributed by atoms with Crippen LogP contribution in [0.5, 0.6) is 0 Å². The van der Waals surface area contributed by atoms with Crippen molar-refractivity contribution in [2.24, 2.45) is 0 Å². The summed E-state index contributed by atoms with van der Waals surface area (Å²) < 4.78 is 11.8. The van der Waals surface area contributed by atoms with Gasteiger partial charge in [0.15, 0.2) is 0 Å².